The van der Waals surface area contributed by atoms with E-state index in [1.54, 1.807) is 0 Å². The van der Waals surface area contributed by atoms with Crippen LogP contribution in [0.15, 0.2) is 0 Å². The number of carbonyl (C=O) groups is 2. The lowest BCUT2D eigenvalue weighted by molar-refractivity contribution is -0.250. The Hall–Kier alpha value is -1.14. The van der Waals surface area contributed by atoms with E-state index in [9.17, 15) is 19.8 Å². The highest BCUT2D eigenvalue weighted by molar-refractivity contribution is 5.76. The van der Waals surface area contributed by atoms with E-state index in [2.05, 4.69) is 34.6 Å². The molecule has 2 N–H and O–H groups in total. The summed E-state index contributed by atoms with van der Waals surface area (Å²) in [5.74, 6) is 0.986. The minimum Gasteiger partial charge on any atom is -0.481 e. The summed E-state index contributed by atoms with van der Waals surface area (Å²) >= 11 is 0. The number of carboxylic acids is 1. The molecule has 7 aliphatic rings. The van der Waals surface area contributed by atoms with Crippen molar-refractivity contribution in [2.75, 3.05) is 13.2 Å². The predicted molar refractivity (Wildman–Crippen MR) is 159 cm³/mol. The van der Waals surface area contributed by atoms with E-state index in [-0.39, 0.29) is 51.5 Å². The molecule has 2 unspecified atom stereocenters. The van der Waals surface area contributed by atoms with Crippen molar-refractivity contribution in [1.29, 1.82) is 0 Å². The zero-order valence-corrected chi connectivity index (χ0v) is 26.9. The molecule has 6 heteroatoms. The van der Waals surface area contributed by atoms with E-state index < -0.39 is 17.0 Å². The second-order valence-electron chi connectivity index (χ2n) is 17.6. The highest BCUT2D eigenvalue weighted by Crippen LogP contribution is 2.78. The largest absolute Gasteiger partial charge is 0.481 e. The lowest BCUT2D eigenvalue weighted by atomic mass is 9.32. The van der Waals surface area contributed by atoms with Gasteiger partial charge in [-0.25, -0.2) is 0 Å². The third-order valence-corrected chi connectivity index (χ3v) is 16.2. The Morgan fingerprint density at radius 2 is 1.50 bits per heavy atom. The van der Waals surface area contributed by atoms with E-state index in [0.29, 0.717) is 31.0 Å². The predicted octanol–water partition coefficient (Wildman–Crippen LogP) is 7.02. The molecule has 1 aliphatic heterocycles. The Morgan fingerprint density at radius 3 is 2.17 bits per heavy atom. The number of esters is 1. The Kier molecular flexibility index (Phi) is 6.64. The minimum atomic E-state index is -0.690. The molecule has 1 saturated heterocycles. The van der Waals surface area contributed by atoms with Gasteiger partial charge in [0.15, 0.2) is 0 Å². The van der Waals surface area contributed by atoms with Crippen molar-refractivity contribution in [2.45, 2.75) is 136 Å². The fraction of sp³-hybridized carbons (Fsp3) is 0.944. The number of aliphatic hydroxyl groups excluding tert-OH is 1. The number of hydrogen-bond acceptors (Lipinski definition) is 5. The normalized spacial score (nSPS) is 52.9. The molecule has 6 aliphatic carbocycles. The molecule has 11 atom stereocenters. The minimum absolute atomic E-state index is 0.0260. The van der Waals surface area contributed by atoms with Gasteiger partial charge in [0, 0.05) is 0 Å². The number of ether oxygens (including phenoxy) is 2. The Morgan fingerprint density at radius 1 is 0.786 bits per heavy atom. The van der Waals surface area contributed by atoms with Gasteiger partial charge in [-0.15, -0.1) is 0 Å². The van der Waals surface area contributed by atoms with Gasteiger partial charge >= 0.3 is 11.9 Å². The Balaban J connectivity index is 1.20. The van der Waals surface area contributed by atoms with E-state index in [1.807, 2.05) is 0 Å². The van der Waals surface area contributed by atoms with Crippen LogP contribution in [-0.2, 0) is 19.1 Å². The topological polar surface area (TPSA) is 96.4 Å². The number of rotatable bonds is 5. The summed E-state index contributed by atoms with van der Waals surface area (Å²) in [4.78, 5) is 26.1. The van der Waals surface area contributed by atoms with Crippen molar-refractivity contribution >= 4 is 11.9 Å². The van der Waals surface area contributed by atoms with Gasteiger partial charge in [0.25, 0.3) is 0 Å². The molecule has 0 spiro atoms. The molecule has 42 heavy (non-hydrogen) atoms. The molecule has 6 saturated carbocycles. The van der Waals surface area contributed by atoms with Crippen LogP contribution in [0.3, 0.4) is 0 Å². The molecule has 0 aromatic carbocycles. The van der Waals surface area contributed by atoms with Crippen molar-refractivity contribution in [1.82, 2.24) is 0 Å². The first-order valence-electron chi connectivity index (χ1n) is 17.5. The maximum atomic E-state index is 13.2. The molecule has 0 aromatic heterocycles. The van der Waals surface area contributed by atoms with Crippen molar-refractivity contribution in [3.63, 3.8) is 0 Å². The smallest absolute Gasteiger partial charge is 0.309 e. The third-order valence-electron chi connectivity index (χ3n) is 16.2. The zero-order chi connectivity index (χ0) is 29.9. The van der Waals surface area contributed by atoms with Gasteiger partial charge in [-0.3, -0.25) is 9.59 Å². The van der Waals surface area contributed by atoms with Crippen LogP contribution in [0.5, 0.6) is 0 Å². The summed E-state index contributed by atoms with van der Waals surface area (Å²) in [5, 5.41) is 21.9. The maximum Gasteiger partial charge on any atom is 0.309 e. The summed E-state index contributed by atoms with van der Waals surface area (Å²) < 4.78 is 12.2. The first-order chi connectivity index (χ1) is 19.8. The Labute approximate surface area is 253 Å². The quantitative estimate of drug-likeness (QED) is 0.266. The van der Waals surface area contributed by atoms with Crippen LogP contribution in [0.25, 0.3) is 0 Å². The van der Waals surface area contributed by atoms with E-state index >= 15 is 0 Å². The Bertz CT molecular complexity index is 1120. The van der Waals surface area contributed by atoms with Gasteiger partial charge in [0.05, 0.1) is 24.0 Å². The average molecular weight is 585 g/mol. The van der Waals surface area contributed by atoms with Crippen LogP contribution < -0.4 is 0 Å². The van der Waals surface area contributed by atoms with Gasteiger partial charge in [0.2, 0.25) is 0 Å². The second kappa shape index (κ2) is 9.44. The van der Waals surface area contributed by atoms with Crippen molar-refractivity contribution in [3.8, 4) is 0 Å². The molecule has 0 bridgehead atoms. The number of aliphatic hydroxyl groups is 1. The van der Waals surface area contributed by atoms with E-state index in [1.165, 1.54) is 6.42 Å². The maximum absolute atomic E-state index is 13.2. The van der Waals surface area contributed by atoms with Gasteiger partial charge in [-0.2, -0.15) is 0 Å². The third kappa shape index (κ3) is 3.75. The summed E-state index contributed by atoms with van der Waals surface area (Å²) in [6, 6.07) is 0. The standard InChI is InChI=1S/C36H56O6/c1-31(2)25-13-16-34(5)26(32(25,3)15-14-27(31)37)11-10-23-28-24(12-17-35(28,30(39)40)19-18-33(23,34)4)36(21-42-36)20-41-29(38)22-8-6-7-9-22/h22-28,37H,6-21H2,1-5H3,(H,39,40)/t23?,24-,25+,26-,27-,28-,32+,33-,34-,35+,36?/m1/s1. The zero-order valence-electron chi connectivity index (χ0n) is 26.9. The fourth-order valence-corrected chi connectivity index (χ4v) is 13.5. The number of carboxylic acid groups (broad SMARTS) is 1. The van der Waals surface area contributed by atoms with E-state index in [0.717, 1.165) is 83.5 Å². The number of fused-ring (bicyclic) bond motifs is 7. The molecular weight excluding hydrogens is 528 g/mol. The van der Waals surface area contributed by atoms with Crippen LogP contribution in [0, 0.1) is 62.6 Å². The van der Waals surface area contributed by atoms with Crippen molar-refractivity contribution in [3.05, 3.63) is 0 Å². The highest BCUT2D eigenvalue weighted by atomic mass is 16.6. The first-order valence-corrected chi connectivity index (χ1v) is 17.5. The van der Waals surface area contributed by atoms with E-state index in [4.69, 9.17) is 9.47 Å². The SMILES string of the molecule is CC1(C)[C@H](O)CC[C@]2(C)[C@H]3CCC4[C@@H]5[C@H](C6(COC(=O)C7CCCC7)CO6)CC[C@]5(C(=O)O)CC[C@@]4(C)[C@]3(C)CC[C@@H]12. The van der Waals surface area contributed by atoms with Crippen molar-refractivity contribution < 1.29 is 29.3 Å². The monoisotopic (exact) mass is 584 g/mol. The van der Waals surface area contributed by atoms with Gasteiger partial charge in [0.1, 0.15) is 12.2 Å². The lowest BCUT2D eigenvalue weighted by Gasteiger charge is -2.72. The molecule has 236 valence electrons. The molecule has 0 aromatic rings. The van der Waals surface area contributed by atoms with Gasteiger partial charge < -0.3 is 19.7 Å². The second-order valence-corrected chi connectivity index (χ2v) is 17.6. The summed E-state index contributed by atoms with van der Waals surface area (Å²) in [5.41, 5.74) is -0.852. The lowest BCUT2D eigenvalue weighted by Crippen LogP contribution is -2.67. The highest BCUT2D eigenvalue weighted by Gasteiger charge is 2.74. The molecule has 7 fully saturated rings. The first kappa shape index (κ1) is 29.6. The number of hydrogen-bond donors (Lipinski definition) is 2. The molecular formula is C36H56O6. The van der Waals surface area contributed by atoms with Gasteiger partial charge in [-0.05, 0) is 128 Å². The molecule has 0 radical (unpaired) electrons. The van der Waals surface area contributed by atoms with Crippen LogP contribution in [0.1, 0.15) is 125 Å². The number of epoxide rings is 1. The van der Waals surface area contributed by atoms with Crippen LogP contribution in [0.2, 0.25) is 0 Å². The van der Waals surface area contributed by atoms with Crippen LogP contribution in [-0.4, -0.2) is 47.1 Å². The summed E-state index contributed by atoms with van der Waals surface area (Å²) in [7, 11) is 0. The number of aliphatic carboxylic acids is 1. The summed E-state index contributed by atoms with van der Waals surface area (Å²) in [6.45, 7) is 13.1. The summed E-state index contributed by atoms with van der Waals surface area (Å²) in [6.07, 6.45) is 13.7. The molecule has 0 amide bonds. The van der Waals surface area contributed by atoms with Crippen LogP contribution in [0.4, 0.5) is 0 Å². The average Bonchev–Trinajstić information content (AvgIpc) is 3.32. The molecule has 6 nitrogen and oxygen atoms in total. The van der Waals surface area contributed by atoms with Crippen molar-refractivity contribution in [2.24, 2.45) is 62.6 Å². The molecule has 1 heterocycles. The van der Waals surface area contributed by atoms with Gasteiger partial charge in [-0.1, -0.05) is 47.5 Å². The van der Waals surface area contributed by atoms with Crippen LogP contribution >= 0.6 is 0 Å². The fourth-order valence-electron chi connectivity index (χ4n) is 13.5. The number of carbonyl (C=O) groups excluding carboxylic acids is 1. The molecule has 7 rings (SSSR count).